The van der Waals surface area contributed by atoms with E-state index in [9.17, 15) is 9.59 Å². The molecule has 132 valence electrons. The summed E-state index contributed by atoms with van der Waals surface area (Å²) >= 11 is 0. The number of carbonyl (C=O) groups is 2. The van der Waals surface area contributed by atoms with Gasteiger partial charge in [0.2, 0.25) is 0 Å². The number of amides is 2. The minimum absolute atomic E-state index is 0.297. The van der Waals surface area contributed by atoms with E-state index in [0.29, 0.717) is 25.6 Å². The summed E-state index contributed by atoms with van der Waals surface area (Å²) in [5, 5.41) is 6.99. The van der Waals surface area contributed by atoms with Gasteiger partial charge < -0.3 is 15.0 Å². The van der Waals surface area contributed by atoms with Crippen LogP contribution in [0, 0.1) is 5.92 Å². The van der Waals surface area contributed by atoms with Crippen LogP contribution >= 0.6 is 0 Å². The summed E-state index contributed by atoms with van der Waals surface area (Å²) in [6.07, 6.45) is 4.47. The summed E-state index contributed by atoms with van der Waals surface area (Å²) in [6, 6.07) is 9.71. The van der Waals surface area contributed by atoms with Crippen LogP contribution in [-0.4, -0.2) is 53.3 Å². The number of hydrogen-bond acceptors (Lipinski definition) is 4. The van der Waals surface area contributed by atoms with Crippen molar-refractivity contribution in [1.29, 1.82) is 0 Å². The van der Waals surface area contributed by atoms with Crippen LogP contribution in [0.25, 0.3) is 5.69 Å². The maximum Gasteiger partial charge on any atom is 0.311 e. The third kappa shape index (κ3) is 4.45. The lowest BCUT2D eigenvalue weighted by Crippen LogP contribution is -2.42. The van der Waals surface area contributed by atoms with E-state index in [0.717, 1.165) is 24.3 Å². The van der Waals surface area contributed by atoms with Gasteiger partial charge in [-0.2, -0.15) is 5.10 Å². The molecule has 2 amide bonds. The summed E-state index contributed by atoms with van der Waals surface area (Å²) in [5.74, 6) is -0.831. The molecule has 25 heavy (non-hydrogen) atoms. The molecule has 0 spiro atoms. The molecular formula is C18H22N4O3. The second-order valence-corrected chi connectivity index (χ2v) is 6.23. The quantitative estimate of drug-likeness (QED) is 0.822. The number of rotatable bonds is 5. The summed E-state index contributed by atoms with van der Waals surface area (Å²) in [7, 11) is 1.61. The Morgan fingerprint density at radius 2 is 2.16 bits per heavy atom. The van der Waals surface area contributed by atoms with Crippen LogP contribution in [-0.2, 0) is 20.9 Å². The molecule has 1 aromatic heterocycles. The van der Waals surface area contributed by atoms with Crippen molar-refractivity contribution in [3.05, 3.63) is 48.3 Å². The number of aromatic nitrogens is 2. The standard InChI is InChI=1S/C18H22N4O3/c1-21(18(24)17(23)19-9-14-7-8-25-13-14)11-15-10-20-22(12-15)16-5-3-2-4-6-16/h2-6,10,12,14H,7-9,11,13H2,1H3,(H,19,23)/t14-/m0/s1. The summed E-state index contributed by atoms with van der Waals surface area (Å²) in [6.45, 7) is 2.17. The minimum Gasteiger partial charge on any atom is -0.381 e. The van der Waals surface area contributed by atoms with Crippen LogP contribution in [0.3, 0.4) is 0 Å². The highest BCUT2D eigenvalue weighted by Crippen LogP contribution is 2.11. The van der Waals surface area contributed by atoms with Crippen LogP contribution < -0.4 is 5.32 Å². The Kier molecular flexibility index (Phi) is 5.45. The maximum atomic E-state index is 12.2. The molecule has 0 radical (unpaired) electrons. The highest BCUT2D eigenvalue weighted by atomic mass is 16.5. The van der Waals surface area contributed by atoms with E-state index in [-0.39, 0.29) is 0 Å². The Hall–Kier alpha value is -2.67. The van der Waals surface area contributed by atoms with Crippen LogP contribution in [0.15, 0.2) is 42.7 Å². The molecule has 0 aliphatic carbocycles. The molecule has 0 unspecified atom stereocenters. The van der Waals surface area contributed by atoms with Crippen LogP contribution in [0.2, 0.25) is 0 Å². The predicted molar refractivity (Wildman–Crippen MR) is 92.0 cm³/mol. The molecule has 1 aliphatic heterocycles. The van der Waals surface area contributed by atoms with Crippen LogP contribution in [0.4, 0.5) is 0 Å². The molecule has 2 aromatic rings. The third-order valence-electron chi connectivity index (χ3n) is 4.19. The second-order valence-electron chi connectivity index (χ2n) is 6.23. The second kappa shape index (κ2) is 7.94. The molecule has 1 N–H and O–H groups in total. The van der Waals surface area contributed by atoms with Gasteiger partial charge >= 0.3 is 11.8 Å². The van der Waals surface area contributed by atoms with Gasteiger partial charge in [-0.25, -0.2) is 4.68 Å². The average Bonchev–Trinajstić information content (AvgIpc) is 3.31. The van der Waals surface area contributed by atoms with E-state index in [1.165, 1.54) is 4.90 Å². The lowest BCUT2D eigenvalue weighted by atomic mass is 10.1. The molecule has 1 saturated heterocycles. The number of nitrogens with zero attached hydrogens (tertiary/aromatic N) is 3. The lowest BCUT2D eigenvalue weighted by Gasteiger charge is -2.16. The third-order valence-corrected chi connectivity index (χ3v) is 4.19. The van der Waals surface area contributed by atoms with Gasteiger partial charge in [-0.15, -0.1) is 0 Å². The fraction of sp³-hybridized carbons (Fsp3) is 0.389. The fourth-order valence-corrected chi connectivity index (χ4v) is 2.74. The van der Waals surface area contributed by atoms with E-state index in [1.54, 1.807) is 17.9 Å². The van der Waals surface area contributed by atoms with E-state index in [1.807, 2.05) is 36.5 Å². The van der Waals surface area contributed by atoms with Gasteiger partial charge in [0.1, 0.15) is 0 Å². The molecule has 2 heterocycles. The zero-order valence-electron chi connectivity index (χ0n) is 14.2. The van der Waals surface area contributed by atoms with Crippen molar-refractivity contribution in [2.75, 3.05) is 26.8 Å². The molecule has 1 aliphatic rings. The van der Waals surface area contributed by atoms with Gasteiger partial charge in [0, 0.05) is 44.4 Å². The Labute approximate surface area is 146 Å². The van der Waals surface area contributed by atoms with Crippen molar-refractivity contribution in [2.45, 2.75) is 13.0 Å². The first-order valence-electron chi connectivity index (χ1n) is 8.33. The van der Waals surface area contributed by atoms with E-state index < -0.39 is 11.8 Å². The molecule has 3 rings (SSSR count). The molecule has 7 nitrogen and oxygen atoms in total. The number of nitrogens with one attached hydrogen (secondary N) is 1. The smallest absolute Gasteiger partial charge is 0.311 e. The topological polar surface area (TPSA) is 76.5 Å². The van der Waals surface area contributed by atoms with Crippen molar-refractivity contribution in [3.8, 4) is 5.69 Å². The molecule has 1 atom stereocenters. The summed E-state index contributed by atoms with van der Waals surface area (Å²) in [5.41, 5.74) is 1.80. The predicted octanol–water partition coefficient (Wildman–Crippen LogP) is 0.983. The summed E-state index contributed by atoms with van der Waals surface area (Å²) in [4.78, 5) is 25.6. The maximum absolute atomic E-state index is 12.2. The largest absolute Gasteiger partial charge is 0.381 e. The van der Waals surface area contributed by atoms with Gasteiger partial charge in [0.25, 0.3) is 0 Å². The Bertz CT molecular complexity index is 723. The molecular weight excluding hydrogens is 320 g/mol. The van der Waals surface area contributed by atoms with Gasteiger partial charge in [-0.05, 0) is 18.6 Å². The summed E-state index contributed by atoms with van der Waals surface area (Å²) < 4.78 is 7.00. The van der Waals surface area contributed by atoms with Crippen LogP contribution in [0.1, 0.15) is 12.0 Å². The van der Waals surface area contributed by atoms with Gasteiger partial charge in [0.15, 0.2) is 0 Å². The lowest BCUT2D eigenvalue weighted by molar-refractivity contribution is -0.145. The molecule has 1 aromatic carbocycles. The Morgan fingerprint density at radius 1 is 1.36 bits per heavy atom. The number of benzene rings is 1. The first-order chi connectivity index (χ1) is 12.1. The SMILES string of the molecule is CN(Cc1cnn(-c2ccccc2)c1)C(=O)C(=O)NC[C@@H]1CCOC1. The first-order valence-corrected chi connectivity index (χ1v) is 8.33. The van der Waals surface area contributed by atoms with Crippen molar-refractivity contribution < 1.29 is 14.3 Å². The average molecular weight is 342 g/mol. The Balaban J connectivity index is 1.52. The number of ether oxygens (including phenoxy) is 1. The number of likely N-dealkylation sites (N-methyl/N-ethyl adjacent to an activating group) is 1. The van der Waals surface area contributed by atoms with E-state index in [4.69, 9.17) is 4.74 Å². The number of para-hydroxylation sites is 1. The monoisotopic (exact) mass is 342 g/mol. The van der Waals surface area contributed by atoms with Crippen LogP contribution in [0.5, 0.6) is 0 Å². The Morgan fingerprint density at radius 3 is 2.88 bits per heavy atom. The van der Waals surface area contributed by atoms with Crippen molar-refractivity contribution >= 4 is 11.8 Å². The minimum atomic E-state index is -0.579. The highest BCUT2D eigenvalue weighted by molar-refractivity contribution is 6.34. The fourth-order valence-electron chi connectivity index (χ4n) is 2.74. The van der Waals surface area contributed by atoms with Gasteiger partial charge in [-0.3, -0.25) is 9.59 Å². The number of carbonyl (C=O) groups excluding carboxylic acids is 2. The molecule has 1 fully saturated rings. The van der Waals surface area contributed by atoms with E-state index in [2.05, 4.69) is 10.4 Å². The highest BCUT2D eigenvalue weighted by Gasteiger charge is 2.22. The molecule has 7 heteroatoms. The van der Waals surface area contributed by atoms with Crippen molar-refractivity contribution in [3.63, 3.8) is 0 Å². The zero-order chi connectivity index (χ0) is 17.6. The number of hydrogen-bond donors (Lipinski definition) is 1. The van der Waals surface area contributed by atoms with Gasteiger partial charge in [-0.1, -0.05) is 18.2 Å². The molecule has 0 bridgehead atoms. The first kappa shape index (κ1) is 17.2. The van der Waals surface area contributed by atoms with Crippen molar-refractivity contribution in [1.82, 2.24) is 20.0 Å². The normalized spacial score (nSPS) is 16.6. The van der Waals surface area contributed by atoms with Gasteiger partial charge in [0.05, 0.1) is 18.5 Å². The molecule has 0 saturated carbocycles. The van der Waals surface area contributed by atoms with Crippen molar-refractivity contribution in [2.24, 2.45) is 5.92 Å². The zero-order valence-corrected chi connectivity index (χ0v) is 14.2. The van der Waals surface area contributed by atoms with E-state index >= 15 is 0 Å².